The number of nitrogens with one attached hydrogen (secondary N) is 2. The molecule has 110 valence electrons. The van der Waals surface area contributed by atoms with E-state index in [0.717, 1.165) is 29.8 Å². The van der Waals surface area contributed by atoms with E-state index in [0.29, 0.717) is 12.1 Å². The number of aromatic nitrogens is 1. The van der Waals surface area contributed by atoms with Crippen molar-refractivity contribution in [3.63, 3.8) is 0 Å². The van der Waals surface area contributed by atoms with Crippen molar-refractivity contribution >= 4 is 21.4 Å². The highest BCUT2D eigenvalue weighted by Crippen LogP contribution is 2.25. The normalized spacial score (nSPS) is 13.5. The molecule has 0 bridgehead atoms. The molecule has 0 radical (unpaired) electrons. The molecular formula is C15H17N3O2S. The van der Waals surface area contributed by atoms with Crippen molar-refractivity contribution in [2.75, 3.05) is 22.3 Å². The minimum Gasteiger partial charge on any atom is -0.384 e. The fourth-order valence-corrected chi connectivity index (χ4v) is 3.49. The molecule has 2 heterocycles. The average Bonchev–Trinajstić information content (AvgIpc) is 2.93. The van der Waals surface area contributed by atoms with Gasteiger partial charge >= 0.3 is 0 Å². The molecule has 0 spiro atoms. The molecule has 1 aromatic carbocycles. The van der Waals surface area contributed by atoms with Gasteiger partial charge in [-0.05, 0) is 54.3 Å². The first-order chi connectivity index (χ1) is 10.1. The topological polar surface area (TPSA) is 71.1 Å². The fourth-order valence-electron chi connectivity index (χ4n) is 2.40. The standard InChI is InChI=1S/C15H17N3O2S/c19-21(20,10-6-12-3-7-16-8-4-12)18-14-1-2-15-13(11-14)5-9-17-15/h1-4,7-8,11,17-18H,5-6,9-10H2. The number of benzene rings is 1. The number of pyridine rings is 1. The summed E-state index contributed by atoms with van der Waals surface area (Å²) in [6, 6.07) is 9.27. The molecule has 1 aromatic heterocycles. The number of hydrogen-bond donors (Lipinski definition) is 2. The van der Waals surface area contributed by atoms with Gasteiger partial charge in [0.25, 0.3) is 0 Å². The summed E-state index contributed by atoms with van der Waals surface area (Å²) in [5.41, 5.74) is 3.85. The van der Waals surface area contributed by atoms with Crippen molar-refractivity contribution < 1.29 is 8.42 Å². The summed E-state index contributed by atoms with van der Waals surface area (Å²) in [6.07, 6.45) is 4.75. The largest absolute Gasteiger partial charge is 0.384 e. The first kappa shape index (κ1) is 13.9. The summed E-state index contributed by atoms with van der Waals surface area (Å²) in [7, 11) is -3.34. The van der Waals surface area contributed by atoms with Gasteiger partial charge in [0, 0.05) is 30.3 Å². The minimum atomic E-state index is -3.34. The van der Waals surface area contributed by atoms with Crippen LogP contribution in [-0.4, -0.2) is 25.7 Å². The maximum atomic E-state index is 12.1. The third-order valence-electron chi connectivity index (χ3n) is 3.50. The van der Waals surface area contributed by atoms with Crippen LogP contribution < -0.4 is 10.0 Å². The molecule has 1 aliphatic rings. The van der Waals surface area contributed by atoms with Crippen molar-refractivity contribution in [2.24, 2.45) is 0 Å². The molecule has 0 aliphatic carbocycles. The molecule has 0 amide bonds. The molecule has 5 nitrogen and oxygen atoms in total. The summed E-state index contributed by atoms with van der Waals surface area (Å²) in [4.78, 5) is 3.92. The summed E-state index contributed by atoms with van der Waals surface area (Å²) in [5, 5.41) is 3.25. The van der Waals surface area contributed by atoms with E-state index < -0.39 is 10.0 Å². The molecule has 0 atom stereocenters. The van der Waals surface area contributed by atoms with Gasteiger partial charge in [-0.2, -0.15) is 0 Å². The van der Waals surface area contributed by atoms with Gasteiger partial charge in [0.05, 0.1) is 5.75 Å². The molecule has 0 saturated carbocycles. The number of hydrogen-bond acceptors (Lipinski definition) is 4. The van der Waals surface area contributed by atoms with Crippen molar-refractivity contribution in [1.29, 1.82) is 0 Å². The van der Waals surface area contributed by atoms with Crippen LogP contribution in [0.15, 0.2) is 42.7 Å². The van der Waals surface area contributed by atoms with Crippen LogP contribution in [0.4, 0.5) is 11.4 Å². The van der Waals surface area contributed by atoms with Crippen molar-refractivity contribution in [1.82, 2.24) is 4.98 Å². The van der Waals surface area contributed by atoms with Gasteiger partial charge in [0.2, 0.25) is 10.0 Å². The molecule has 21 heavy (non-hydrogen) atoms. The number of anilines is 2. The van der Waals surface area contributed by atoms with Crippen molar-refractivity contribution in [3.05, 3.63) is 53.9 Å². The van der Waals surface area contributed by atoms with Crippen LogP contribution in [0, 0.1) is 0 Å². The number of rotatable bonds is 5. The Kier molecular flexibility index (Phi) is 3.79. The molecule has 2 aromatic rings. The van der Waals surface area contributed by atoms with Crippen LogP contribution in [0.2, 0.25) is 0 Å². The summed E-state index contributed by atoms with van der Waals surface area (Å²) >= 11 is 0. The summed E-state index contributed by atoms with van der Waals surface area (Å²) in [6.45, 7) is 0.910. The molecule has 6 heteroatoms. The lowest BCUT2D eigenvalue weighted by Gasteiger charge is -2.09. The highest BCUT2D eigenvalue weighted by molar-refractivity contribution is 7.92. The average molecular weight is 303 g/mol. The third kappa shape index (κ3) is 3.52. The molecule has 3 rings (SSSR count). The molecule has 2 N–H and O–H groups in total. The second-order valence-electron chi connectivity index (χ2n) is 5.08. The number of fused-ring (bicyclic) bond motifs is 1. The van der Waals surface area contributed by atoms with Crippen molar-refractivity contribution in [3.8, 4) is 0 Å². The lowest BCUT2D eigenvalue weighted by molar-refractivity contribution is 0.600. The van der Waals surface area contributed by atoms with Gasteiger partial charge in [-0.3, -0.25) is 9.71 Å². The second-order valence-corrected chi connectivity index (χ2v) is 6.92. The van der Waals surface area contributed by atoms with Crippen LogP contribution in [0.1, 0.15) is 11.1 Å². The van der Waals surface area contributed by atoms with E-state index in [4.69, 9.17) is 0 Å². The Morgan fingerprint density at radius 2 is 2.00 bits per heavy atom. The first-order valence-corrected chi connectivity index (χ1v) is 8.54. The highest BCUT2D eigenvalue weighted by atomic mass is 32.2. The Hall–Kier alpha value is -2.08. The van der Waals surface area contributed by atoms with E-state index >= 15 is 0 Å². The molecule has 0 fully saturated rings. The maximum Gasteiger partial charge on any atom is 0.233 e. The van der Waals surface area contributed by atoms with Gasteiger partial charge in [-0.25, -0.2) is 8.42 Å². The quantitative estimate of drug-likeness (QED) is 0.886. The van der Waals surface area contributed by atoms with E-state index in [1.807, 2.05) is 24.3 Å². The lowest BCUT2D eigenvalue weighted by atomic mass is 10.1. The van der Waals surface area contributed by atoms with Gasteiger partial charge < -0.3 is 5.32 Å². The zero-order valence-corrected chi connectivity index (χ0v) is 12.4. The third-order valence-corrected chi connectivity index (χ3v) is 4.79. The summed E-state index contributed by atoms with van der Waals surface area (Å²) < 4.78 is 26.9. The van der Waals surface area contributed by atoms with E-state index in [1.165, 1.54) is 0 Å². The van der Waals surface area contributed by atoms with E-state index in [1.54, 1.807) is 18.5 Å². The Morgan fingerprint density at radius 1 is 1.19 bits per heavy atom. The van der Waals surface area contributed by atoms with Crippen LogP contribution in [0.3, 0.4) is 0 Å². The lowest BCUT2D eigenvalue weighted by Crippen LogP contribution is -2.18. The first-order valence-electron chi connectivity index (χ1n) is 6.89. The molecule has 1 aliphatic heterocycles. The SMILES string of the molecule is O=S(=O)(CCc1ccncc1)Nc1ccc2c(c1)CCN2. The minimum absolute atomic E-state index is 0.0619. The van der Waals surface area contributed by atoms with Crippen LogP contribution in [-0.2, 0) is 22.9 Å². The number of sulfonamides is 1. The Bertz CT molecular complexity index is 730. The van der Waals surface area contributed by atoms with Crippen LogP contribution >= 0.6 is 0 Å². The molecular weight excluding hydrogens is 286 g/mol. The zero-order valence-electron chi connectivity index (χ0n) is 11.5. The predicted molar refractivity (Wildman–Crippen MR) is 84.0 cm³/mol. The van der Waals surface area contributed by atoms with E-state index in [-0.39, 0.29) is 5.75 Å². The maximum absolute atomic E-state index is 12.1. The number of aryl methyl sites for hydroxylation is 1. The predicted octanol–water partition coefficient (Wildman–Crippen LogP) is 2.03. The van der Waals surface area contributed by atoms with Crippen LogP contribution in [0.5, 0.6) is 0 Å². The van der Waals surface area contributed by atoms with Gasteiger partial charge in [0.15, 0.2) is 0 Å². The highest BCUT2D eigenvalue weighted by Gasteiger charge is 2.14. The Morgan fingerprint density at radius 3 is 2.81 bits per heavy atom. The second kappa shape index (κ2) is 5.73. The molecule has 0 unspecified atom stereocenters. The van der Waals surface area contributed by atoms with E-state index in [2.05, 4.69) is 15.0 Å². The van der Waals surface area contributed by atoms with E-state index in [9.17, 15) is 8.42 Å². The monoisotopic (exact) mass is 303 g/mol. The Balaban J connectivity index is 1.66. The van der Waals surface area contributed by atoms with Crippen molar-refractivity contribution in [2.45, 2.75) is 12.8 Å². The van der Waals surface area contributed by atoms with Gasteiger partial charge in [-0.1, -0.05) is 0 Å². The van der Waals surface area contributed by atoms with Gasteiger partial charge in [-0.15, -0.1) is 0 Å². The Labute approximate surface area is 124 Å². The smallest absolute Gasteiger partial charge is 0.233 e. The van der Waals surface area contributed by atoms with Crippen LogP contribution in [0.25, 0.3) is 0 Å². The fraction of sp³-hybridized carbons (Fsp3) is 0.267. The zero-order chi connectivity index (χ0) is 14.7. The summed E-state index contributed by atoms with van der Waals surface area (Å²) in [5.74, 6) is 0.0619. The van der Waals surface area contributed by atoms with Gasteiger partial charge in [0.1, 0.15) is 0 Å². The molecule has 0 saturated heterocycles. The number of nitrogens with zero attached hydrogens (tertiary/aromatic N) is 1.